The van der Waals surface area contributed by atoms with E-state index in [9.17, 15) is 4.79 Å². The van der Waals surface area contributed by atoms with Gasteiger partial charge in [-0.25, -0.2) is 0 Å². The fourth-order valence-electron chi connectivity index (χ4n) is 3.21. The summed E-state index contributed by atoms with van der Waals surface area (Å²) in [5, 5.41) is 4.01. The molecule has 1 saturated heterocycles. The molecule has 3 atom stereocenters. The first-order valence-electron chi connectivity index (χ1n) is 8.35. The molecule has 0 amide bonds. The molecule has 1 saturated carbocycles. The topological polar surface area (TPSA) is 47.6 Å². The molecule has 2 fully saturated rings. The summed E-state index contributed by atoms with van der Waals surface area (Å²) in [4.78, 5) is 12.4. The van der Waals surface area contributed by atoms with Gasteiger partial charge in [0.2, 0.25) is 0 Å². The largest absolute Gasteiger partial charge is 0.465 e. The van der Waals surface area contributed by atoms with E-state index in [2.05, 4.69) is 12.2 Å². The van der Waals surface area contributed by atoms with Crippen LogP contribution in [-0.4, -0.2) is 48.4 Å². The highest BCUT2D eigenvalue weighted by Gasteiger charge is 2.46. The van der Waals surface area contributed by atoms with Gasteiger partial charge in [-0.15, -0.1) is 0 Å². The average molecular weight is 315 g/mol. The van der Waals surface area contributed by atoms with E-state index in [-0.39, 0.29) is 5.97 Å². The van der Waals surface area contributed by atoms with Crippen LogP contribution in [0.5, 0.6) is 0 Å². The number of nitrogens with one attached hydrogen (secondary N) is 1. The van der Waals surface area contributed by atoms with Crippen LogP contribution in [0.1, 0.15) is 52.4 Å². The fraction of sp³-hybridized carbons (Fsp3) is 0.938. The van der Waals surface area contributed by atoms with Gasteiger partial charge in [0.25, 0.3) is 0 Å². The lowest BCUT2D eigenvalue weighted by molar-refractivity contribution is -0.151. The van der Waals surface area contributed by atoms with E-state index in [1.807, 2.05) is 18.7 Å². The number of hydrogen-bond donors (Lipinski definition) is 1. The van der Waals surface area contributed by atoms with Crippen LogP contribution in [0.3, 0.4) is 0 Å². The molecule has 0 aromatic rings. The average Bonchev–Trinajstić information content (AvgIpc) is 3.13. The Bertz CT molecular complexity index is 333. The molecule has 5 heteroatoms. The second kappa shape index (κ2) is 8.39. The van der Waals surface area contributed by atoms with Crippen molar-refractivity contribution >= 4 is 17.7 Å². The zero-order valence-electron chi connectivity index (χ0n) is 13.4. The van der Waals surface area contributed by atoms with Crippen molar-refractivity contribution in [2.75, 3.05) is 25.5 Å². The molecular formula is C16H29NO3S. The number of ether oxygens (including phenoxy) is 2. The lowest BCUT2D eigenvalue weighted by Crippen LogP contribution is -2.51. The van der Waals surface area contributed by atoms with Crippen LogP contribution in [0.2, 0.25) is 0 Å². The summed E-state index contributed by atoms with van der Waals surface area (Å²) in [6.45, 7) is 6.26. The lowest BCUT2D eigenvalue weighted by atomic mass is 9.97. The number of thioether (sulfide) groups is 1. The fourth-order valence-corrected chi connectivity index (χ4v) is 4.65. The molecule has 0 aromatic heterocycles. The molecule has 1 heterocycles. The van der Waals surface area contributed by atoms with Crippen LogP contribution in [0, 0.1) is 0 Å². The van der Waals surface area contributed by atoms with Crippen molar-refractivity contribution in [2.24, 2.45) is 0 Å². The van der Waals surface area contributed by atoms with Crippen LogP contribution in [0.4, 0.5) is 0 Å². The highest BCUT2D eigenvalue weighted by Crippen LogP contribution is 2.39. The Labute approximate surface area is 132 Å². The van der Waals surface area contributed by atoms with Crippen LogP contribution in [0.25, 0.3) is 0 Å². The summed E-state index contributed by atoms with van der Waals surface area (Å²) in [7, 11) is 0. The van der Waals surface area contributed by atoms with E-state index in [0.717, 1.165) is 44.6 Å². The zero-order chi connectivity index (χ0) is 15.1. The number of carbonyl (C=O) groups is 1. The Kier molecular flexibility index (Phi) is 6.83. The predicted octanol–water partition coefficient (Wildman–Crippen LogP) is 2.75. The molecule has 2 aliphatic rings. The van der Waals surface area contributed by atoms with Crippen LogP contribution in [-0.2, 0) is 14.3 Å². The van der Waals surface area contributed by atoms with Gasteiger partial charge in [-0.05, 0) is 52.0 Å². The van der Waals surface area contributed by atoms with Crippen LogP contribution >= 0.6 is 11.8 Å². The molecule has 1 aliphatic heterocycles. The minimum atomic E-state index is -0.444. The maximum Gasteiger partial charge on any atom is 0.326 e. The van der Waals surface area contributed by atoms with Crippen molar-refractivity contribution in [3.63, 3.8) is 0 Å². The minimum Gasteiger partial charge on any atom is -0.465 e. The van der Waals surface area contributed by atoms with Gasteiger partial charge in [0.1, 0.15) is 5.54 Å². The molecular weight excluding hydrogens is 286 g/mol. The van der Waals surface area contributed by atoms with Crippen molar-refractivity contribution in [1.29, 1.82) is 0 Å². The highest BCUT2D eigenvalue weighted by atomic mass is 32.2. The van der Waals surface area contributed by atoms with Gasteiger partial charge in [-0.2, -0.15) is 11.8 Å². The minimum absolute atomic E-state index is 0.0568. The predicted molar refractivity (Wildman–Crippen MR) is 86.7 cm³/mol. The van der Waals surface area contributed by atoms with Gasteiger partial charge in [0.05, 0.1) is 12.7 Å². The van der Waals surface area contributed by atoms with E-state index >= 15 is 0 Å². The molecule has 122 valence electrons. The third kappa shape index (κ3) is 4.60. The van der Waals surface area contributed by atoms with Crippen molar-refractivity contribution < 1.29 is 14.3 Å². The van der Waals surface area contributed by atoms with E-state index < -0.39 is 5.54 Å². The zero-order valence-corrected chi connectivity index (χ0v) is 14.2. The van der Waals surface area contributed by atoms with Crippen LogP contribution in [0.15, 0.2) is 0 Å². The molecule has 1 N–H and O–H groups in total. The Morgan fingerprint density at radius 1 is 1.43 bits per heavy atom. The Balaban J connectivity index is 1.85. The summed E-state index contributed by atoms with van der Waals surface area (Å²) < 4.78 is 11.0. The third-order valence-electron chi connectivity index (χ3n) is 4.39. The normalized spacial score (nSPS) is 32.5. The summed E-state index contributed by atoms with van der Waals surface area (Å²) in [6.07, 6.45) is 6.73. The smallest absolute Gasteiger partial charge is 0.326 e. The van der Waals surface area contributed by atoms with Gasteiger partial charge >= 0.3 is 5.97 Å². The van der Waals surface area contributed by atoms with Gasteiger partial charge in [-0.1, -0.05) is 6.92 Å². The molecule has 2 rings (SSSR count). The van der Waals surface area contributed by atoms with E-state index in [1.165, 1.54) is 12.8 Å². The quantitative estimate of drug-likeness (QED) is 0.698. The summed E-state index contributed by atoms with van der Waals surface area (Å²) in [5.41, 5.74) is -0.444. The lowest BCUT2D eigenvalue weighted by Gasteiger charge is -2.28. The molecule has 3 unspecified atom stereocenters. The van der Waals surface area contributed by atoms with Crippen molar-refractivity contribution in [3.8, 4) is 0 Å². The van der Waals surface area contributed by atoms with Crippen molar-refractivity contribution in [1.82, 2.24) is 5.32 Å². The molecule has 0 bridgehead atoms. The van der Waals surface area contributed by atoms with E-state index in [4.69, 9.17) is 9.47 Å². The van der Waals surface area contributed by atoms with Crippen molar-refractivity contribution in [2.45, 2.75) is 69.3 Å². The van der Waals surface area contributed by atoms with Gasteiger partial charge in [-0.3, -0.25) is 4.79 Å². The number of esters is 1. The second-order valence-electron chi connectivity index (χ2n) is 6.06. The van der Waals surface area contributed by atoms with E-state index in [1.54, 1.807) is 0 Å². The Morgan fingerprint density at radius 3 is 2.95 bits per heavy atom. The first-order valence-corrected chi connectivity index (χ1v) is 9.40. The number of rotatable bonds is 8. The number of carbonyl (C=O) groups excluding carboxylic acids is 1. The van der Waals surface area contributed by atoms with Gasteiger partial charge in [0, 0.05) is 17.6 Å². The van der Waals surface area contributed by atoms with E-state index in [0.29, 0.717) is 18.0 Å². The maximum absolute atomic E-state index is 12.4. The second-order valence-corrected chi connectivity index (χ2v) is 7.40. The highest BCUT2D eigenvalue weighted by molar-refractivity contribution is 7.99. The Morgan fingerprint density at radius 2 is 2.29 bits per heavy atom. The van der Waals surface area contributed by atoms with Gasteiger partial charge in [0.15, 0.2) is 0 Å². The molecule has 0 spiro atoms. The first kappa shape index (κ1) is 17.1. The van der Waals surface area contributed by atoms with Crippen molar-refractivity contribution in [3.05, 3.63) is 0 Å². The monoisotopic (exact) mass is 315 g/mol. The standard InChI is InChI=1S/C16H29NO3S/c1-3-9-17-16(15(18)19-4-2)8-7-14(11-16)21-12-13-6-5-10-20-13/h13-14,17H,3-12H2,1-2H3. The molecule has 21 heavy (non-hydrogen) atoms. The summed E-state index contributed by atoms with van der Waals surface area (Å²) in [6, 6.07) is 0. The molecule has 4 nitrogen and oxygen atoms in total. The summed E-state index contributed by atoms with van der Waals surface area (Å²) in [5.74, 6) is 1.01. The molecule has 1 aliphatic carbocycles. The maximum atomic E-state index is 12.4. The molecule has 0 aromatic carbocycles. The Hall–Kier alpha value is -0.260. The first-order chi connectivity index (χ1) is 10.2. The molecule has 0 radical (unpaired) electrons. The third-order valence-corrected chi connectivity index (χ3v) is 5.83. The van der Waals surface area contributed by atoms with Crippen LogP contribution < -0.4 is 5.32 Å². The van der Waals surface area contributed by atoms with Gasteiger partial charge < -0.3 is 14.8 Å². The summed E-state index contributed by atoms with van der Waals surface area (Å²) >= 11 is 1.98. The SMILES string of the molecule is CCCNC1(C(=O)OCC)CCC(SCC2CCCO2)C1. The number of hydrogen-bond acceptors (Lipinski definition) is 5.